The Kier molecular flexibility index (Phi) is 5.74. The van der Waals surface area contributed by atoms with Crippen molar-refractivity contribution in [3.05, 3.63) is 46.3 Å². The van der Waals surface area contributed by atoms with Gasteiger partial charge in [0.1, 0.15) is 5.60 Å². The molecule has 23 heavy (non-hydrogen) atoms. The maximum Gasteiger partial charge on any atom is 0.251 e. The molecule has 5 nitrogen and oxygen atoms in total. The zero-order valence-corrected chi connectivity index (χ0v) is 14.4. The first kappa shape index (κ1) is 17.4. The Bertz CT molecular complexity index is 641. The van der Waals surface area contributed by atoms with Gasteiger partial charge >= 0.3 is 0 Å². The molecule has 2 unspecified atom stereocenters. The third-order valence-electron chi connectivity index (χ3n) is 3.63. The number of thiophene rings is 1. The summed E-state index contributed by atoms with van der Waals surface area (Å²) in [4.78, 5) is 16.4. The van der Waals surface area contributed by atoms with Gasteiger partial charge in [-0.05, 0) is 48.7 Å². The fourth-order valence-electron chi connectivity index (χ4n) is 1.93. The average molecular weight is 334 g/mol. The summed E-state index contributed by atoms with van der Waals surface area (Å²) < 4.78 is 5.62. The molecule has 2 aromatic heterocycles. The van der Waals surface area contributed by atoms with Crippen molar-refractivity contribution in [1.29, 1.82) is 0 Å². The van der Waals surface area contributed by atoms with E-state index in [1.165, 1.54) is 11.3 Å². The lowest BCUT2D eigenvalue weighted by Crippen LogP contribution is -2.38. The predicted octanol–water partition coefficient (Wildman–Crippen LogP) is 2.96. The standard InChI is InChI=1S/C17H22N2O3S/c1-4-12(2)22-15-9-13(5-7-18-15)16(20)19-11-17(3,21)14-6-8-23-10-14/h5-10,12,21H,4,11H2,1-3H3,(H,19,20). The van der Waals surface area contributed by atoms with Crippen molar-refractivity contribution in [2.45, 2.75) is 38.9 Å². The summed E-state index contributed by atoms with van der Waals surface area (Å²) in [5.74, 6) is 0.161. The predicted molar refractivity (Wildman–Crippen MR) is 90.8 cm³/mol. The van der Waals surface area contributed by atoms with Crippen molar-refractivity contribution in [2.24, 2.45) is 0 Å². The van der Waals surface area contributed by atoms with E-state index < -0.39 is 5.60 Å². The molecule has 0 aliphatic rings. The van der Waals surface area contributed by atoms with Crippen LogP contribution in [0.1, 0.15) is 43.1 Å². The highest BCUT2D eigenvalue weighted by atomic mass is 32.1. The van der Waals surface area contributed by atoms with Crippen LogP contribution in [-0.2, 0) is 5.60 Å². The maximum absolute atomic E-state index is 12.3. The monoisotopic (exact) mass is 334 g/mol. The lowest BCUT2D eigenvalue weighted by atomic mass is 9.99. The summed E-state index contributed by atoms with van der Waals surface area (Å²) in [6.45, 7) is 5.78. The molecule has 2 N–H and O–H groups in total. The van der Waals surface area contributed by atoms with Crippen LogP contribution in [0.15, 0.2) is 35.2 Å². The highest BCUT2D eigenvalue weighted by molar-refractivity contribution is 7.08. The number of hydrogen-bond donors (Lipinski definition) is 2. The van der Waals surface area contributed by atoms with E-state index in [1.54, 1.807) is 25.3 Å². The number of hydrogen-bond acceptors (Lipinski definition) is 5. The lowest BCUT2D eigenvalue weighted by molar-refractivity contribution is 0.0530. The number of rotatable bonds is 7. The second-order valence-electron chi connectivity index (χ2n) is 5.69. The number of carbonyl (C=O) groups excluding carboxylic acids is 1. The van der Waals surface area contributed by atoms with E-state index in [2.05, 4.69) is 10.3 Å². The molecule has 2 aromatic rings. The summed E-state index contributed by atoms with van der Waals surface area (Å²) in [5, 5.41) is 17.0. The third-order valence-corrected chi connectivity index (χ3v) is 4.31. The number of aromatic nitrogens is 1. The van der Waals surface area contributed by atoms with Gasteiger partial charge in [0.25, 0.3) is 5.91 Å². The van der Waals surface area contributed by atoms with Crippen LogP contribution in [-0.4, -0.2) is 28.6 Å². The van der Waals surface area contributed by atoms with E-state index in [1.807, 2.05) is 30.7 Å². The molecule has 2 atom stereocenters. The van der Waals surface area contributed by atoms with Gasteiger partial charge < -0.3 is 15.2 Å². The number of ether oxygens (including phenoxy) is 1. The van der Waals surface area contributed by atoms with Crippen LogP contribution in [0.4, 0.5) is 0 Å². The summed E-state index contributed by atoms with van der Waals surface area (Å²) in [6, 6.07) is 5.08. The van der Waals surface area contributed by atoms with Crippen LogP contribution in [0, 0.1) is 0 Å². The lowest BCUT2D eigenvalue weighted by Gasteiger charge is -2.22. The molecule has 124 valence electrons. The summed E-state index contributed by atoms with van der Waals surface area (Å²) in [6.07, 6.45) is 2.45. The Morgan fingerprint density at radius 3 is 2.96 bits per heavy atom. The van der Waals surface area contributed by atoms with Crippen molar-refractivity contribution < 1.29 is 14.6 Å². The van der Waals surface area contributed by atoms with Crippen LogP contribution in [0.25, 0.3) is 0 Å². The van der Waals surface area contributed by atoms with Gasteiger partial charge in [-0.15, -0.1) is 0 Å². The van der Waals surface area contributed by atoms with Crippen LogP contribution in [0.5, 0.6) is 5.88 Å². The number of aliphatic hydroxyl groups is 1. The summed E-state index contributed by atoms with van der Waals surface area (Å²) in [7, 11) is 0. The Balaban J connectivity index is 1.99. The van der Waals surface area contributed by atoms with Crippen LogP contribution in [0.2, 0.25) is 0 Å². The first-order valence-electron chi connectivity index (χ1n) is 7.58. The molecular weight excluding hydrogens is 312 g/mol. The minimum absolute atomic E-state index is 0.0418. The van der Waals surface area contributed by atoms with Crippen molar-refractivity contribution in [2.75, 3.05) is 6.54 Å². The molecule has 6 heteroatoms. The highest BCUT2D eigenvalue weighted by Crippen LogP contribution is 2.22. The fourth-order valence-corrected chi connectivity index (χ4v) is 2.71. The first-order valence-corrected chi connectivity index (χ1v) is 8.52. The van der Waals surface area contributed by atoms with E-state index in [4.69, 9.17) is 4.74 Å². The Morgan fingerprint density at radius 1 is 1.52 bits per heavy atom. The number of pyridine rings is 1. The van der Waals surface area contributed by atoms with Gasteiger partial charge in [-0.1, -0.05) is 6.92 Å². The zero-order valence-electron chi connectivity index (χ0n) is 13.6. The molecule has 0 spiro atoms. The minimum Gasteiger partial charge on any atom is -0.475 e. The van der Waals surface area contributed by atoms with Crippen LogP contribution < -0.4 is 10.1 Å². The SMILES string of the molecule is CCC(C)Oc1cc(C(=O)NCC(C)(O)c2ccsc2)ccn1. The fraction of sp³-hybridized carbons (Fsp3) is 0.412. The number of nitrogens with zero attached hydrogens (tertiary/aromatic N) is 1. The van der Waals surface area contributed by atoms with Crippen molar-refractivity contribution in [3.63, 3.8) is 0 Å². The number of carbonyl (C=O) groups is 1. The van der Waals surface area contributed by atoms with Crippen molar-refractivity contribution >= 4 is 17.2 Å². The van der Waals surface area contributed by atoms with Gasteiger partial charge in [-0.3, -0.25) is 4.79 Å². The molecular formula is C17H22N2O3S. The molecule has 0 bridgehead atoms. The Hall–Kier alpha value is -1.92. The van der Waals surface area contributed by atoms with E-state index >= 15 is 0 Å². The van der Waals surface area contributed by atoms with Gasteiger partial charge in [0.15, 0.2) is 0 Å². The maximum atomic E-state index is 12.3. The van der Waals surface area contributed by atoms with Gasteiger partial charge in [0.2, 0.25) is 5.88 Å². The molecule has 0 radical (unpaired) electrons. The Morgan fingerprint density at radius 2 is 2.30 bits per heavy atom. The Labute approximate surface area is 140 Å². The van der Waals surface area contributed by atoms with Gasteiger partial charge in [0.05, 0.1) is 12.6 Å². The molecule has 2 rings (SSSR count). The molecule has 2 heterocycles. The van der Waals surface area contributed by atoms with Gasteiger partial charge in [-0.2, -0.15) is 11.3 Å². The van der Waals surface area contributed by atoms with E-state index in [0.717, 1.165) is 12.0 Å². The molecule has 0 saturated heterocycles. The number of amides is 1. The molecule has 0 fully saturated rings. The molecule has 0 aliphatic carbocycles. The van der Waals surface area contributed by atoms with Crippen LogP contribution in [0.3, 0.4) is 0 Å². The quantitative estimate of drug-likeness (QED) is 0.816. The second-order valence-corrected chi connectivity index (χ2v) is 6.47. The smallest absolute Gasteiger partial charge is 0.251 e. The molecule has 1 amide bonds. The summed E-state index contributed by atoms with van der Waals surface area (Å²) >= 11 is 1.51. The topological polar surface area (TPSA) is 71.5 Å². The molecule has 0 saturated carbocycles. The van der Waals surface area contributed by atoms with E-state index in [0.29, 0.717) is 11.4 Å². The molecule has 0 aliphatic heterocycles. The van der Waals surface area contributed by atoms with E-state index in [-0.39, 0.29) is 18.6 Å². The third kappa shape index (κ3) is 4.77. The molecule has 0 aromatic carbocycles. The first-order chi connectivity index (χ1) is 10.9. The van der Waals surface area contributed by atoms with Gasteiger partial charge in [-0.25, -0.2) is 4.98 Å². The largest absolute Gasteiger partial charge is 0.475 e. The average Bonchev–Trinajstić information content (AvgIpc) is 3.08. The minimum atomic E-state index is -1.10. The summed E-state index contributed by atoms with van der Waals surface area (Å²) in [5.41, 5.74) is 0.149. The highest BCUT2D eigenvalue weighted by Gasteiger charge is 2.24. The van der Waals surface area contributed by atoms with Crippen LogP contribution >= 0.6 is 11.3 Å². The van der Waals surface area contributed by atoms with Crippen molar-refractivity contribution in [3.8, 4) is 5.88 Å². The van der Waals surface area contributed by atoms with E-state index in [9.17, 15) is 9.90 Å². The van der Waals surface area contributed by atoms with Crippen molar-refractivity contribution in [1.82, 2.24) is 10.3 Å². The normalized spacial score (nSPS) is 14.8. The zero-order chi connectivity index (χ0) is 16.9. The number of nitrogens with one attached hydrogen (secondary N) is 1. The van der Waals surface area contributed by atoms with Gasteiger partial charge in [0, 0.05) is 17.8 Å². The second kappa shape index (κ2) is 7.57.